The van der Waals surface area contributed by atoms with Crippen LogP contribution in [0.1, 0.15) is 11.1 Å². The Balaban J connectivity index is 2.10. The predicted octanol–water partition coefficient (Wildman–Crippen LogP) is 3.17. The van der Waals surface area contributed by atoms with Gasteiger partial charge in [0.2, 0.25) is 0 Å². The third-order valence-electron chi connectivity index (χ3n) is 2.91. The number of aryl methyl sites for hydroxylation is 1. The number of benzene rings is 2. The van der Waals surface area contributed by atoms with Gasteiger partial charge in [-0.1, -0.05) is 48.5 Å². The Morgan fingerprint density at radius 2 is 1.72 bits per heavy atom. The molecule has 0 spiro atoms. The molecule has 2 aromatic rings. The summed E-state index contributed by atoms with van der Waals surface area (Å²) in [6.07, 6.45) is 0. The fourth-order valence-electron chi connectivity index (χ4n) is 1.93. The Bertz CT molecular complexity index is 489. The number of hydrogen-bond donors (Lipinski definition) is 1. The number of ether oxygens (including phenoxy) is 1. The maximum Gasteiger partial charge on any atom is 0.0718 e. The van der Waals surface area contributed by atoms with E-state index < -0.39 is 0 Å². The first-order valence-corrected chi connectivity index (χ1v) is 6.15. The van der Waals surface area contributed by atoms with Crippen molar-refractivity contribution in [2.75, 3.05) is 13.2 Å². The molecule has 0 saturated heterocycles. The van der Waals surface area contributed by atoms with Crippen LogP contribution in [0.2, 0.25) is 0 Å². The molecule has 2 rings (SSSR count). The first kappa shape index (κ1) is 12.8. The lowest BCUT2D eigenvalue weighted by Gasteiger charge is -2.07. The van der Waals surface area contributed by atoms with E-state index >= 15 is 0 Å². The fraction of sp³-hybridized carbons (Fsp3) is 0.250. The zero-order valence-electron chi connectivity index (χ0n) is 10.6. The summed E-state index contributed by atoms with van der Waals surface area (Å²) in [6, 6.07) is 16.7. The Morgan fingerprint density at radius 3 is 2.39 bits per heavy atom. The molecule has 0 atom stereocenters. The first-order chi connectivity index (χ1) is 8.81. The van der Waals surface area contributed by atoms with Gasteiger partial charge in [0.1, 0.15) is 0 Å². The lowest BCUT2D eigenvalue weighted by Crippen LogP contribution is -1.99. The van der Waals surface area contributed by atoms with Crippen LogP contribution in [0.4, 0.5) is 0 Å². The summed E-state index contributed by atoms with van der Waals surface area (Å²) in [5, 5.41) is 8.64. The Morgan fingerprint density at radius 1 is 1.00 bits per heavy atom. The molecule has 0 bridgehead atoms. The molecule has 94 valence electrons. The molecule has 0 aliphatic rings. The molecule has 18 heavy (non-hydrogen) atoms. The van der Waals surface area contributed by atoms with E-state index in [-0.39, 0.29) is 6.61 Å². The fourth-order valence-corrected chi connectivity index (χ4v) is 1.93. The predicted molar refractivity (Wildman–Crippen MR) is 73.4 cm³/mol. The lowest BCUT2D eigenvalue weighted by molar-refractivity contribution is 0.0815. The van der Waals surface area contributed by atoms with Gasteiger partial charge in [0.25, 0.3) is 0 Å². The molecule has 0 aliphatic carbocycles. The van der Waals surface area contributed by atoms with E-state index in [0.29, 0.717) is 13.2 Å². The topological polar surface area (TPSA) is 29.5 Å². The zero-order chi connectivity index (χ0) is 12.8. The standard InChI is InChI=1S/C16H18O2/c1-13-4-2-3-5-16(13)15-8-6-14(7-9-15)12-18-11-10-17/h2-9,17H,10-12H2,1H3. The van der Waals surface area contributed by atoms with Crippen LogP contribution < -0.4 is 0 Å². The van der Waals surface area contributed by atoms with Gasteiger partial charge >= 0.3 is 0 Å². The highest BCUT2D eigenvalue weighted by Crippen LogP contribution is 2.23. The van der Waals surface area contributed by atoms with Crippen molar-refractivity contribution in [2.24, 2.45) is 0 Å². The van der Waals surface area contributed by atoms with Gasteiger partial charge < -0.3 is 9.84 Å². The van der Waals surface area contributed by atoms with Crippen molar-refractivity contribution in [1.29, 1.82) is 0 Å². The van der Waals surface area contributed by atoms with Crippen LogP contribution in [0.5, 0.6) is 0 Å². The molecule has 0 aromatic heterocycles. The summed E-state index contributed by atoms with van der Waals surface area (Å²) in [7, 11) is 0. The minimum atomic E-state index is 0.0707. The minimum Gasteiger partial charge on any atom is -0.394 e. The van der Waals surface area contributed by atoms with E-state index in [1.807, 2.05) is 0 Å². The maximum absolute atomic E-state index is 8.64. The zero-order valence-corrected chi connectivity index (χ0v) is 10.6. The molecule has 0 aliphatic heterocycles. The lowest BCUT2D eigenvalue weighted by atomic mass is 10.00. The monoisotopic (exact) mass is 242 g/mol. The molecule has 2 aromatic carbocycles. The van der Waals surface area contributed by atoms with Crippen molar-refractivity contribution >= 4 is 0 Å². The van der Waals surface area contributed by atoms with Gasteiger partial charge in [-0.05, 0) is 29.2 Å². The van der Waals surface area contributed by atoms with Crippen LogP contribution >= 0.6 is 0 Å². The van der Waals surface area contributed by atoms with Crippen LogP contribution in [0.3, 0.4) is 0 Å². The van der Waals surface area contributed by atoms with Crippen LogP contribution in [0.15, 0.2) is 48.5 Å². The van der Waals surface area contributed by atoms with Crippen LogP contribution in [-0.4, -0.2) is 18.3 Å². The number of aliphatic hydroxyl groups is 1. The van der Waals surface area contributed by atoms with E-state index in [4.69, 9.17) is 9.84 Å². The van der Waals surface area contributed by atoms with Crippen molar-refractivity contribution < 1.29 is 9.84 Å². The normalized spacial score (nSPS) is 10.6. The minimum absolute atomic E-state index is 0.0707. The molecular formula is C16H18O2. The van der Waals surface area contributed by atoms with Crippen molar-refractivity contribution in [3.05, 3.63) is 59.7 Å². The second-order valence-electron chi connectivity index (χ2n) is 4.29. The SMILES string of the molecule is Cc1ccccc1-c1ccc(COCCO)cc1. The van der Waals surface area contributed by atoms with Crippen molar-refractivity contribution in [3.63, 3.8) is 0 Å². The second kappa shape index (κ2) is 6.34. The summed E-state index contributed by atoms with van der Waals surface area (Å²) in [5.41, 5.74) is 4.89. The largest absolute Gasteiger partial charge is 0.394 e. The van der Waals surface area contributed by atoms with E-state index in [0.717, 1.165) is 5.56 Å². The quantitative estimate of drug-likeness (QED) is 0.816. The smallest absolute Gasteiger partial charge is 0.0718 e. The summed E-state index contributed by atoms with van der Waals surface area (Å²) in [6.45, 7) is 3.13. The second-order valence-corrected chi connectivity index (χ2v) is 4.29. The van der Waals surface area contributed by atoms with E-state index in [9.17, 15) is 0 Å². The third kappa shape index (κ3) is 3.19. The Labute approximate surface area is 108 Å². The Hall–Kier alpha value is -1.64. The highest BCUT2D eigenvalue weighted by atomic mass is 16.5. The first-order valence-electron chi connectivity index (χ1n) is 6.15. The van der Waals surface area contributed by atoms with Gasteiger partial charge in [-0.3, -0.25) is 0 Å². The molecule has 0 saturated carbocycles. The summed E-state index contributed by atoms with van der Waals surface area (Å²) >= 11 is 0. The van der Waals surface area contributed by atoms with Gasteiger partial charge in [0, 0.05) is 0 Å². The van der Waals surface area contributed by atoms with Crippen LogP contribution in [-0.2, 0) is 11.3 Å². The van der Waals surface area contributed by atoms with Gasteiger partial charge in [-0.2, -0.15) is 0 Å². The van der Waals surface area contributed by atoms with Crippen molar-refractivity contribution in [1.82, 2.24) is 0 Å². The van der Waals surface area contributed by atoms with E-state index in [1.165, 1.54) is 16.7 Å². The highest BCUT2D eigenvalue weighted by Gasteiger charge is 2.01. The van der Waals surface area contributed by atoms with E-state index in [1.54, 1.807) is 0 Å². The van der Waals surface area contributed by atoms with Crippen LogP contribution in [0.25, 0.3) is 11.1 Å². The molecule has 0 heterocycles. The summed E-state index contributed by atoms with van der Waals surface area (Å²) in [4.78, 5) is 0. The number of rotatable bonds is 5. The molecule has 1 N–H and O–H groups in total. The van der Waals surface area contributed by atoms with Gasteiger partial charge in [0.15, 0.2) is 0 Å². The number of aliphatic hydroxyl groups excluding tert-OH is 1. The molecule has 0 radical (unpaired) electrons. The molecule has 2 nitrogen and oxygen atoms in total. The highest BCUT2D eigenvalue weighted by molar-refractivity contribution is 5.67. The molecule has 0 amide bonds. The average molecular weight is 242 g/mol. The van der Waals surface area contributed by atoms with Gasteiger partial charge in [-0.15, -0.1) is 0 Å². The molecule has 2 heteroatoms. The molecule has 0 fully saturated rings. The van der Waals surface area contributed by atoms with Gasteiger partial charge in [0.05, 0.1) is 19.8 Å². The molecule has 0 unspecified atom stereocenters. The summed E-state index contributed by atoms with van der Waals surface area (Å²) in [5.74, 6) is 0. The number of hydrogen-bond acceptors (Lipinski definition) is 2. The van der Waals surface area contributed by atoms with Crippen molar-refractivity contribution in [2.45, 2.75) is 13.5 Å². The van der Waals surface area contributed by atoms with Crippen LogP contribution in [0, 0.1) is 6.92 Å². The maximum atomic E-state index is 8.64. The molecular weight excluding hydrogens is 224 g/mol. The van der Waals surface area contributed by atoms with Gasteiger partial charge in [-0.25, -0.2) is 0 Å². The van der Waals surface area contributed by atoms with E-state index in [2.05, 4.69) is 55.5 Å². The third-order valence-corrected chi connectivity index (χ3v) is 2.91. The summed E-state index contributed by atoms with van der Waals surface area (Å²) < 4.78 is 5.29. The average Bonchev–Trinajstić information content (AvgIpc) is 2.41. The Kier molecular flexibility index (Phi) is 4.51. The van der Waals surface area contributed by atoms with Crippen molar-refractivity contribution in [3.8, 4) is 11.1 Å².